The molecule has 24 heavy (non-hydrogen) atoms. The Labute approximate surface area is 147 Å². The molecule has 2 N–H and O–H groups in total. The third-order valence-corrected chi connectivity index (χ3v) is 5.37. The molecule has 0 saturated heterocycles. The summed E-state index contributed by atoms with van der Waals surface area (Å²) in [5.41, 5.74) is 2.39. The second-order valence-corrected chi connectivity index (χ2v) is 7.22. The van der Waals surface area contributed by atoms with Gasteiger partial charge in [0.25, 0.3) is 0 Å². The number of aromatic nitrogens is 1. The first-order valence-corrected chi connectivity index (χ1v) is 9.08. The Morgan fingerprint density at radius 3 is 2.92 bits per heavy atom. The van der Waals surface area contributed by atoms with E-state index < -0.39 is 0 Å². The van der Waals surface area contributed by atoms with Crippen molar-refractivity contribution in [2.24, 2.45) is 4.99 Å². The summed E-state index contributed by atoms with van der Waals surface area (Å²) in [5, 5.41) is 7.86. The predicted octanol–water partition coefficient (Wildman–Crippen LogP) is 2.99. The van der Waals surface area contributed by atoms with Gasteiger partial charge >= 0.3 is 0 Å². The maximum absolute atomic E-state index is 5.73. The van der Waals surface area contributed by atoms with Gasteiger partial charge in [-0.1, -0.05) is 18.2 Å². The van der Waals surface area contributed by atoms with E-state index in [1.165, 1.54) is 10.4 Å². The maximum atomic E-state index is 5.73. The fourth-order valence-corrected chi connectivity index (χ4v) is 3.72. The number of benzene rings is 1. The van der Waals surface area contributed by atoms with Crippen LogP contribution in [0.1, 0.15) is 33.5 Å². The quantitative estimate of drug-likeness (QED) is 0.661. The van der Waals surface area contributed by atoms with Gasteiger partial charge in [0.15, 0.2) is 5.96 Å². The Morgan fingerprint density at radius 2 is 2.17 bits per heavy atom. The standard InChI is InChI=1S/C18H24N4OS/c1-12-13(2)24-17(22-12)11-21-18(19-3)20-10-14-8-9-23-16-7-5-4-6-15(14)16/h4-7,14H,8-11H2,1-3H3,(H2,19,20,21). The van der Waals surface area contributed by atoms with Crippen LogP contribution in [0.25, 0.3) is 0 Å². The number of rotatable bonds is 4. The molecule has 0 spiro atoms. The lowest BCUT2D eigenvalue weighted by Crippen LogP contribution is -2.39. The highest BCUT2D eigenvalue weighted by atomic mass is 32.1. The summed E-state index contributed by atoms with van der Waals surface area (Å²) in [7, 11) is 1.80. The summed E-state index contributed by atoms with van der Waals surface area (Å²) in [6, 6.07) is 8.29. The Kier molecular flexibility index (Phi) is 5.35. The number of para-hydroxylation sites is 1. The highest BCUT2D eigenvalue weighted by Gasteiger charge is 2.21. The highest BCUT2D eigenvalue weighted by Crippen LogP contribution is 2.32. The number of nitrogens with zero attached hydrogens (tertiary/aromatic N) is 2. The SMILES string of the molecule is CN=C(NCc1nc(C)c(C)s1)NCC1CCOc2ccccc21. The summed E-state index contributed by atoms with van der Waals surface area (Å²) in [6.45, 7) is 6.46. The van der Waals surface area contributed by atoms with E-state index in [-0.39, 0.29) is 0 Å². The van der Waals surface area contributed by atoms with Crippen molar-refractivity contribution >= 4 is 17.3 Å². The Bertz CT molecular complexity index is 706. The lowest BCUT2D eigenvalue weighted by molar-refractivity contribution is 0.267. The van der Waals surface area contributed by atoms with Gasteiger partial charge in [-0.15, -0.1) is 11.3 Å². The molecule has 0 bridgehead atoms. The Balaban J connectivity index is 1.55. The topological polar surface area (TPSA) is 58.5 Å². The summed E-state index contributed by atoms with van der Waals surface area (Å²) >= 11 is 1.73. The monoisotopic (exact) mass is 344 g/mol. The summed E-state index contributed by atoms with van der Waals surface area (Å²) < 4.78 is 5.73. The maximum Gasteiger partial charge on any atom is 0.191 e. The molecule has 1 atom stereocenters. The zero-order valence-corrected chi connectivity index (χ0v) is 15.2. The molecule has 1 aromatic carbocycles. The van der Waals surface area contributed by atoms with Crippen LogP contribution >= 0.6 is 11.3 Å². The number of thiazole rings is 1. The second-order valence-electron chi connectivity index (χ2n) is 5.93. The third-order valence-electron chi connectivity index (χ3n) is 4.30. The number of nitrogens with one attached hydrogen (secondary N) is 2. The number of guanidine groups is 1. The first-order valence-electron chi connectivity index (χ1n) is 8.26. The molecule has 6 heteroatoms. The van der Waals surface area contributed by atoms with Gasteiger partial charge in [0.1, 0.15) is 10.8 Å². The van der Waals surface area contributed by atoms with Crippen molar-refractivity contribution in [1.29, 1.82) is 0 Å². The lowest BCUT2D eigenvalue weighted by atomic mass is 9.93. The molecule has 0 radical (unpaired) electrons. The first-order chi connectivity index (χ1) is 11.7. The van der Waals surface area contributed by atoms with Crippen molar-refractivity contribution in [1.82, 2.24) is 15.6 Å². The molecule has 1 aliphatic heterocycles. The number of aliphatic imine (C=N–C) groups is 1. The summed E-state index contributed by atoms with van der Waals surface area (Å²) in [6.07, 6.45) is 1.02. The average Bonchev–Trinajstić information content (AvgIpc) is 2.93. The lowest BCUT2D eigenvalue weighted by Gasteiger charge is -2.26. The smallest absolute Gasteiger partial charge is 0.191 e. The van der Waals surface area contributed by atoms with Gasteiger partial charge in [0.05, 0.1) is 18.8 Å². The second kappa shape index (κ2) is 7.66. The predicted molar refractivity (Wildman–Crippen MR) is 99.1 cm³/mol. The van der Waals surface area contributed by atoms with Crippen LogP contribution in [0.2, 0.25) is 0 Å². The van der Waals surface area contributed by atoms with Crippen LogP contribution in [0.5, 0.6) is 5.75 Å². The van der Waals surface area contributed by atoms with Crippen LogP contribution in [0.3, 0.4) is 0 Å². The molecule has 1 unspecified atom stereocenters. The fraction of sp³-hybridized carbons (Fsp3) is 0.444. The van der Waals surface area contributed by atoms with E-state index in [1.54, 1.807) is 18.4 Å². The van der Waals surface area contributed by atoms with Gasteiger partial charge in [-0.25, -0.2) is 4.98 Å². The molecule has 0 aliphatic carbocycles. The van der Waals surface area contributed by atoms with Crippen LogP contribution in [0.15, 0.2) is 29.3 Å². The van der Waals surface area contributed by atoms with Gasteiger partial charge in [0, 0.05) is 24.4 Å². The van der Waals surface area contributed by atoms with Gasteiger partial charge < -0.3 is 15.4 Å². The van der Waals surface area contributed by atoms with E-state index >= 15 is 0 Å². The van der Waals surface area contributed by atoms with E-state index in [0.29, 0.717) is 12.5 Å². The molecule has 128 valence electrons. The van der Waals surface area contributed by atoms with E-state index in [9.17, 15) is 0 Å². The number of hydrogen-bond acceptors (Lipinski definition) is 4. The molecule has 5 nitrogen and oxygen atoms in total. The first kappa shape index (κ1) is 16.8. The van der Waals surface area contributed by atoms with Crippen molar-refractivity contribution in [3.8, 4) is 5.75 Å². The molecule has 2 heterocycles. The van der Waals surface area contributed by atoms with Crippen LogP contribution in [0.4, 0.5) is 0 Å². The highest BCUT2D eigenvalue weighted by molar-refractivity contribution is 7.11. The minimum atomic E-state index is 0.442. The van der Waals surface area contributed by atoms with E-state index in [4.69, 9.17) is 4.74 Å². The van der Waals surface area contributed by atoms with E-state index in [0.717, 1.165) is 42.0 Å². The van der Waals surface area contributed by atoms with Crippen LogP contribution in [0, 0.1) is 13.8 Å². The van der Waals surface area contributed by atoms with Crippen molar-refractivity contribution < 1.29 is 4.74 Å². The van der Waals surface area contributed by atoms with Crippen LogP contribution in [-0.2, 0) is 6.54 Å². The normalized spacial score (nSPS) is 17.1. The molecular weight excluding hydrogens is 320 g/mol. The van der Waals surface area contributed by atoms with Gasteiger partial charge in [-0.2, -0.15) is 0 Å². The average molecular weight is 344 g/mol. The molecular formula is C18H24N4OS. The van der Waals surface area contributed by atoms with Crippen molar-refractivity contribution in [2.45, 2.75) is 32.7 Å². The summed E-state index contributed by atoms with van der Waals surface area (Å²) in [5.74, 6) is 2.26. The molecule has 1 aromatic heterocycles. The van der Waals surface area contributed by atoms with Gasteiger partial charge in [-0.05, 0) is 31.9 Å². The van der Waals surface area contributed by atoms with Gasteiger partial charge in [-0.3, -0.25) is 4.99 Å². The van der Waals surface area contributed by atoms with Crippen LogP contribution < -0.4 is 15.4 Å². The Morgan fingerprint density at radius 1 is 1.33 bits per heavy atom. The number of ether oxygens (including phenoxy) is 1. The van der Waals surface area contributed by atoms with Crippen LogP contribution in [-0.4, -0.2) is 31.1 Å². The minimum Gasteiger partial charge on any atom is -0.493 e. The zero-order chi connectivity index (χ0) is 16.9. The van der Waals surface area contributed by atoms with Crippen molar-refractivity contribution in [2.75, 3.05) is 20.2 Å². The van der Waals surface area contributed by atoms with E-state index in [1.807, 2.05) is 19.1 Å². The van der Waals surface area contributed by atoms with E-state index in [2.05, 4.69) is 39.7 Å². The Hall–Kier alpha value is -2.08. The zero-order valence-electron chi connectivity index (χ0n) is 14.4. The number of aryl methyl sites for hydroxylation is 2. The largest absolute Gasteiger partial charge is 0.493 e. The molecule has 2 aromatic rings. The summed E-state index contributed by atoms with van der Waals surface area (Å²) in [4.78, 5) is 10.1. The van der Waals surface area contributed by atoms with Crippen molar-refractivity contribution in [3.63, 3.8) is 0 Å². The number of hydrogen-bond donors (Lipinski definition) is 2. The molecule has 1 aliphatic rings. The fourth-order valence-electron chi connectivity index (χ4n) is 2.84. The molecule has 0 amide bonds. The third kappa shape index (κ3) is 3.87. The molecule has 3 rings (SSSR count). The number of fused-ring (bicyclic) bond motifs is 1. The minimum absolute atomic E-state index is 0.442. The molecule has 0 fully saturated rings. The molecule has 0 saturated carbocycles. The van der Waals surface area contributed by atoms with Crippen molar-refractivity contribution in [3.05, 3.63) is 45.4 Å². The van der Waals surface area contributed by atoms with Gasteiger partial charge in [0.2, 0.25) is 0 Å².